The zero-order valence-electron chi connectivity index (χ0n) is 28.8. The van der Waals surface area contributed by atoms with Gasteiger partial charge in [-0.3, -0.25) is 24.4 Å². The van der Waals surface area contributed by atoms with Crippen molar-refractivity contribution < 1.29 is 23.9 Å². The topological polar surface area (TPSA) is 168 Å². The second-order valence-electron chi connectivity index (χ2n) is 12.6. The van der Waals surface area contributed by atoms with Crippen molar-refractivity contribution in [2.45, 2.75) is 57.8 Å². The Morgan fingerprint density at radius 2 is 1.61 bits per heavy atom. The van der Waals surface area contributed by atoms with E-state index in [1.54, 1.807) is 38.7 Å². The lowest BCUT2D eigenvalue weighted by atomic mass is 10.0. The van der Waals surface area contributed by atoms with Crippen LogP contribution in [0.5, 0.6) is 11.6 Å². The fraction of sp³-hybridized carbons (Fsp3) is 0.351. The maximum absolute atomic E-state index is 13.4. The van der Waals surface area contributed by atoms with Crippen molar-refractivity contribution in [1.82, 2.24) is 36.2 Å². The average Bonchev–Trinajstić information content (AvgIpc) is 3.76. The summed E-state index contributed by atoms with van der Waals surface area (Å²) in [5.74, 6) is 0.769. The molecular formula is C37H41ClN8O5. The summed E-state index contributed by atoms with van der Waals surface area (Å²) in [6.45, 7) is 4.19. The number of hydrogen-bond acceptors (Lipinski definition) is 10. The lowest BCUT2D eigenvalue weighted by molar-refractivity contribution is -0.120. The third-order valence-corrected chi connectivity index (χ3v) is 9.50. The molecule has 0 unspecified atom stereocenters. The smallest absolute Gasteiger partial charge is 0.274 e. The van der Waals surface area contributed by atoms with Gasteiger partial charge in [0.25, 0.3) is 5.91 Å². The Morgan fingerprint density at radius 1 is 0.902 bits per heavy atom. The third-order valence-electron chi connectivity index (χ3n) is 9.11. The van der Waals surface area contributed by atoms with E-state index < -0.39 is 5.91 Å². The molecule has 2 aliphatic heterocycles. The molecule has 0 radical (unpaired) electrons. The highest BCUT2D eigenvalue weighted by molar-refractivity contribution is 6.35. The van der Waals surface area contributed by atoms with Crippen LogP contribution >= 0.6 is 11.6 Å². The number of nitrogens with zero attached hydrogens (tertiary/aromatic N) is 3. The van der Waals surface area contributed by atoms with Crippen LogP contribution in [0.4, 0.5) is 5.69 Å². The van der Waals surface area contributed by atoms with Crippen LogP contribution in [-0.2, 0) is 22.7 Å². The van der Waals surface area contributed by atoms with Crippen LogP contribution in [0.15, 0.2) is 54.9 Å². The highest BCUT2D eigenvalue weighted by atomic mass is 35.5. The first kappa shape index (κ1) is 35.7. The van der Waals surface area contributed by atoms with Crippen LogP contribution in [0.2, 0.25) is 5.02 Å². The molecule has 5 heterocycles. The lowest BCUT2D eigenvalue weighted by Gasteiger charge is -2.16. The highest BCUT2D eigenvalue weighted by Crippen LogP contribution is 2.38. The number of carbonyl (C=O) groups excluding carboxylic acids is 3. The number of ether oxygens (including phenoxy) is 2. The number of benzene rings is 1. The number of rotatable bonds is 14. The summed E-state index contributed by atoms with van der Waals surface area (Å²) in [6.07, 6.45) is 6.03. The average molecular weight is 713 g/mol. The summed E-state index contributed by atoms with van der Waals surface area (Å²) in [5, 5.41) is 16.0. The van der Waals surface area contributed by atoms with Crippen molar-refractivity contribution in [2.24, 2.45) is 0 Å². The third kappa shape index (κ3) is 8.44. The van der Waals surface area contributed by atoms with E-state index in [0.29, 0.717) is 78.3 Å². The fourth-order valence-corrected chi connectivity index (χ4v) is 6.62. The molecule has 2 aliphatic rings. The monoisotopic (exact) mass is 712 g/mol. The molecule has 2 atom stereocenters. The summed E-state index contributed by atoms with van der Waals surface area (Å²) < 4.78 is 11.2. The minimum atomic E-state index is -0.395. The minimum Gasteiger partial charge on any atom is -0.496 e. The Labute approximate surface area is 301 Å². The van der Waals surface area contributed by atoms with Crippen LogP contribution in [-0.4, -0.2) is 72.1 Å². The van der Waals surface area contributed by atoms with Gasteiger partial charge in [-0.2, -0.15) is 0 Å². The van der Waals surface area contributed by atoms with E-state index in [1.165, 1.54) is 0 Å². The van der Waals surface area contributed by atoms with E-state index in [2.05, 4.69) is 36.6 Å². The van der Waals surface area contributed by atoms with Crippen LogP contribution in [0.25, 0.3) is 22.5 Å². The van der Waals surface area contributed by atoms with Crippen LogP contribution in [0.3, 0.4) is 0 Å². The van der Waals surface area contributed by atoms with E-state index in [4.69, 9.17) is 26.1 Å². The predicted molar refractivity (Wildman–Crippen MR) is 194 cm³/mol. The summed E-state index contributed by atoms with van der Waals surface area (Å²) in [5.41, 5.74) is 5.83. The van der Waals surface area contributed by atoms with Gasteiger partial charge in [0.05, 0.1) is 30.6 Å². The second-order valence-corrected chi connectivity index (χ2v) is 12.9. The summed E-state index contributed by atoms with van der Waals surface area (Å²) in [4.78, 5) is 50.1. The highest BCUT2D eigenvalue weighted by Gasteiger charge is 2.22. The zero-order chi connectivity index (χ0) is 35.9. The SMILES string of the molecule is COc1cc(C(=O)Nc2cccc(-c3nccc(-c4ccc(CNC[C@@H]5CCC(=O)N5)c(OC)n4)c3Cl)c2C)ncc1CNC[C@@H]1CCC(=O)N1. The first-order valence-corrected chi connectivity index (χ1v) is 17.2. The summed E-state index contributed by atoms with van der Waals surface area (Å²) in [7, 11) is 3.13. The number of aromatic nitrogens is 3. The van der Waals surface area contributed by atoms with Crippen LogP contribution < -0.4 is 36.1 Å². The maximum Gasteiger partial charge on any atom is 0.274 e. The van der Waals surface area contributed by atoms with Crippen LogP contribution in [0.1, 0.15) is 52.9 Å². The van der Waals surface area contributed by atoms with Crippen molar-refractivity contribution in [3.8, 4) is 34.1 Å². The summed E-state index contributed by atoms with van der Waals surface area (Å²) >= 11 is 7.01. The number of methoxy groups -OCH3 is 2. The molecule has 5 N–H and O–H groups in total. The molecule has 3 amide bonds. The quantitative estimate of drug-likeness (QED) is 0.128. The number of amides is 3. The number of carbonyl (C=O) groups is 3. The molecule has 0 bridgehead atoms. The van der Waals surface area contributed by atoms with Crippen LogP contribution in [0, 0.1) is 6.92 Å². The van der Waals surface area contributed by atoms with Gasteiger partial charge < -0.3 is 36.1 Å². The maximum atomic E-state index is 13.4. The Balaban J connectivity index is 1.15. The molecule has 6 rings (SSSR count). The summed E-state index contributed by atoms with van der Waals surface area (Å²) in [6, 6.07) is 13.0. The molecule has 51 heavy (non-hydrogen) atoms. The van der Waals surface area contributed by atoms with Gasteiger partial charge in [-0.1, -0.05) is 29.8 Å². The fourth-order valence-electron chi connectivity index (χ4n) is 6.31. The van der Waals surface area contributed by atoms with Gasteiger partial charge in [0.1, 0.15) is 11.4 Å². The van der Waals surface area contributed by atoms with Crippen molar-refractivity contribution in [2.75, 3.05) is 32.6 Å². The van der Waals surface area contributed by atoms with Gasteiger partial charge in [-0.05, 0) is 43.5 Å². The van der Waals surface area contributed by atoms with E-state index in [9.17, 15) is 14.4 Å². The Kier molecular flexibility index (Phi) is 11.4. The molecule has 0 spiro atoms. The number of pyridine rings is 3. The van der Waals surface area contributed by atoms with Gasteiger partial charge in [-0.15, -0.1) is 0 Å². The largest absolute Gasteiger partial charge is 0.496 e. The normalized spacial score (nSPS) is 16.9. The van der Waals surface area contributed by atoms with Crippen molar-refractivity contribution in [3.05, 3.63) is 82.3 Å². The van der Waals surface area contributed by atoms with Crippen molar-refractivity contribution >= 4 is 35.0 Å². The van der Waals surface area contributed by atoms with Crippen molar-refractivity contribution in [1.29, 1.82) is 0 Å². The zero-order valence-corrected chi connectivity index (χ0v) is 29.5. The van der Waals surface area contributed by atoms with E-state index in [0.717, 1.165) is 35.1 Å². The van der Waals surface area contributed by atoms with Gasteiger partial charge >= 0.3 is 0 Å². The number of nitrogens with one attached hydrogen (secondary N) is 5. The van der Waals surface area contributed by atoms with E-state index in [-0.39, 0.29) is 29.6 Å². The van der Waals surface area contributed by atoms with Gasteiger partial charge in [0, 0.05) is 97.5 Å². The minimum absolute atomic E-state index is 0.0725. The second kappa shape index (κ2) is 16.3. The first-order valence-electron chi connectivity index (χ1n) is 16.9. The predicted octanol–water partition coefficient (Wildman–Crippen LogP) is 4.17. The Morgan fingerprint density at radius 3 is 2.25 bits per heavy atom. The molecule has 13 nitrogen and oxygen atoms in total. The molecule has 266 valence electrons. The molecule has 4 aromatic rings. The number of halogens is 1. The van der Waals surface area contributed by atoms with Gasteiger partial charge in [-0.25, -0.2) is 4.98 Å². The lowest BCUT2D eigenvalue weighted by Crippen LogP contribution is -2.35. The number of anilines is 1. The van der Waals surface area contributed by atoms with E-state index in [1.807, 2.05) is 37.3 Å². The molecule has 1 aromatic carbocycles. The Hall–Kier alpha value is -5.11. The molecular weight excluding hydrogens is 672 g/mol. The molecule has 14 heteroatoms. The molecule has 2 fully saturated rings. The Bertz CT molecular complexity index is 1940. The molecule has 0 aliphatic carbocycles. The standard InChI is InChI=1S/C37H41ClN8O5/c1-21-26(5-4-6-28(21)45-36(49)30-15-31(50-2)23(18-42-30)17-40-20-25-9-12-33(48)44-25)35-34(38)27(13-14-41-35)29-10-7-22(37(46-29)51-3)16-39-19-24-8-11-32(47)43-24/h4-7,10,13-15,18,24-25,39-40H,8-9,11-12,16-17,19-20H2,1-3H3,(H,43,47)(H,44,48)(H,45,49)/t24-,25-/m0/s1. The molecule has 3 aromatic heterocycles. The van der Waals surface area contributed by atoms with Gasteiger partial charge in [0.2, 0.25) is 17.7 Å². The number of hydrogen-bond donors (Lipinski definition) is 5. The van der Waals surface area contributed by atoms with Gasteiger partial charge in [0.15, 0.2) is 0 Å². The molecule has 0 saturated carbocycles. The molecule has 2 saturated heterocycles. The van der Waals surface area contributed by atoms with Crippen molar-refractivity contribution in [3.63, 3.8) is 0 Å². The van der Waals surface area contributed by atoms with E-state index >= 15 is 0 Å². The first-order chi connectivity index (χ1) is 24.7.